The molecule has 156 valence electrons. The summed E-state index contributed by atoms with van der Waals surface area (Å²) in [5, 5.41) is 3.15. The summed E-state index contributed by atoms with van der Waals surface area (Å²) < 4.78 is 19.2. The lowest BCUT2D eigenvalue weighted by atomic mass is 9.73. The van der Waals surface area contributed by atoms with Gasteiger partial charge in [-0.3, -0.25) is 4.79 Å². The van der Waals surface area contributed by atoms with Gasteiger partial charge in [0.1, 0.15) is 17.8 Å². The topological polar surface area (TPSA) is 56.8 Å². The fourth-order valence-electron chi connectivity index (χ4n) is 4.17. The Morgan fingerprint density at radius 2 is 1.60 bits per heavy atom. The van der Waals surface area contributed by atoms with Gasteiger partial charge < -0.3 is 19.4 Å². The van der Waals surface area contributed by atoms with Crippen LogP contribution in [0.25, 0.3) is 0 Å². The molecule has 2 aliphatic heterocycles. The van der Waals surface area contributed by atoms with Crippen molar-refractivity contribution in [2.45, 2.75) is 69.7 Å². The van der Waals surface area contributed by atoms with Gasteiger partial charge in [0.2, 0.25) is 0 Å². The minimum Gasteiger partial charge on any atom is -0.483 e. The Bertz CT molecular complexity index is 954. The Hall–Kier alpha value is -2.31. The summed E-state index contributed by atoms with van der Waals surface area (Å²) in [5.74, 6) is 0.562. The highest BCUT2D eigenvalue weighted by Gasteiger charge is 2.57. The van der Waals surface area contributed by atoms with Gasteiger partial charge in [-0.15, -0.1) is 0 Å². The van der Waals surface area contributed by atoms with E-state index >= 15 is 0 Å². The van der Waals surface area contributed by atoms with Crippen molar-refractivity contribution in [1.82, 2.24) is 5.32 Å². The monoisotopic (exact) mass is 405 g/mol. The highest BCUT2D eigenvalue weighted by atomic mass is 16.7. The lowest BCUT2D eigenvalue weighted by Gasteiger charge is -2.32. The largest absolute Gasteiger partial charge is 0.486 e. The first-order chi connectivity index (χ1) is 14.2. The number of nitrogens with one attached hydrogen (secondary N) is 1. The van der Waals surface area contributed by atoms with Crippen molar-refractivity contribution in [3.8, 4) is 5.75 Å². The molecule has 0 spiro atoms. The van der Waals surface area contributed by atoms with Crippen LogP contribution in [-0.2, 0) is 9.31 Å². The Balaban J connectivity index is 1.55. The lowest BCUT2D eigenvalue weighted by molar-refractivity contribution is 0.00578. The van der Waals surface area contributed by atoms with E-state index in [1.165, 1.54) is 18.4 Å². The van der Waals surface area contributed by atoms with E-state index in [4.69, 9.17) is 14.0 Å². The molecule has 0 aromatic heterocycles. The Morgan fingerprint density at radius 3 is 2.23 bits per heavy atom. The van der Waals surface area contributed by atoms with Crippen LogP contribution in [0.5, 0.6) is 5.75 Å². The second-order valence-corrected chi connectivity index (χ2v) is 9.60. The number of benzene rings is 2. The molecule has 0 bridgehead atoms. The van der Waals surface area contributed by atoms with Crippen LogP contribution >= 0.6 is 0 Å². The third-order valence-corrected chi connectivity index (χ3v) is 6.87. The molecule has 1 N–H and O–H groups in total. The molecule has 5 nitrogen and oxygen atoms in total. The molecule has 1 saturated carbocycles. The molecule has 6 heteroatoms. The summed E-state index contributed by atoms with van der Waals surface area (Å²) in [7, 11) is -0.624. The lowest BCUT2D eigenvalue weighted by Crippen LogP contribution is -2.51. The van der Waals surface area contributed by atoms with Crippen molar-refractivity contribution >= 4 is 13.0 Å². The highest BCUT2D eigenvalue weighted by molar-refractivity contribution is 6.48. The minimum absolute atomic E-state index is 0.162. The van der Waals surface area contributed by atoms with Gasteiger partial charge in [-0.25, -0.2) is 0 Å². The third-order valence-electron chi connectivity index (χ3n) is 6.87. The van der Waals surface area contributed by atoms with Crippen molar-refractivity contribution in [2.75, 3.05) is 0 Å². The highest BCUT2D eigenvalue weighted by Crippen LogP contribution is 2.44. The zero-order valence-electron chi connectivity index (χ0n) is 18.0. The number of hydrogen-bond acceptors (Lipinski definition) is 4. The first-order valence-electron chi connectivity index (χ1n) is 10.8. The van der Waals surface area contributed by atoms with Crippen LogP contribution in [0.1, 0.15) is 74.0 Å². The molecular weight excluding hydrogens is 377 g/mol. The maximum atomic E-state index is 13.2. The van der Waals surface area contributed by atoms with E-state index in [-0.39, 0.29) is 5.91 Å². The zero-order valence-corrected chi connectivity index (χ0v) is 18.0. The summed E-state index contributed by atoms with van der Waals surface area (Å²) in [6.45, 7) is 8.06. The summed E-state index contributed by atoms with van der Waals surface area (Å²) in [5.41, 5.74) is 1.77. The molecule has 2 aromatic rings. The predicted octanol–water partition coefficient (Wildman–Crippen LogP) is 4.43. The van der Waals surface area contributed by atoms with Crippen molar-refractivity contribution in [2.24, 2.45) is 0 Å². The number of fused-ring (bicyclic) bond motifs is 1. The zero-order chi connectivity index (χ0) is 21.1. The maximum Gasteiger partial charge on any atom is 0.486 e. The van der Waals surface area contributed by atoms with Crippen LogP contribution < -0.4 is 10.1 Å². The maximum absolute atomic E-state index is 13.2. The number of carbonyl (C=O) groups is 1. The van der Waals surface area contributed by atoms with E-state index in [1.54, 1.807) is 0 Å². The number of carbonyl (C=O) groups excluding carboxylic acids is 1. The molecule has 2 atom stereocenters. The smallest absolute Gasteiger partial charge is 0.483 e. The van der Waals surface area contributed by atoms with Crippen LogP contribution in [-0.4, -0.2) is 30.2 Å². The molecule has 5 rings (SSSR count). The van der Waals surface area contributed by atoms with Gasteiger partial charge in [-0.1, -0.05) is 36.4 Å². The van der Waals surface area contributed by atoms with E-state index < -0.39 is 30.4 Å². The van der Waals surface area contributed by atoms with Crippen molar-refractivity contribution in [1.29, 1.82) is 0 Å². The Kier molecular flexibility index (Phi) is 4.49. The van der Waals surface area contributed by atoms with Crippen LogP contribution in [0.3, 0.4) is 0 Å². The van der Waals surface area contributed by atoms with Gasteiger partial charge in [-0.05, 0) is 69.7 Å². The second kappa shape index (κ2) is 6.86. The van der Waals surface area contributed by atoms with Crippen LogP contribution in [0.2, 0.25) is 0 Å². The van der Waals surface area contributed by atoms with Crippen LogP contribution in [0.4, 0.5) is 0 Å². The van der Waals surface area contributed by atoms with Gasteiger partial charge >= 0.3 is 7.12 Å². The predicted molar refractivity (Wildman–Crippen MR) is 116 cm³/mol. The van der Waals surface area contributed by atoms with E-state index in [9.17, 15) is 4.79 Å². The van der Waals surface area contributed by atoms with Crippen molar-refractivity contribution in [3.63, 3.8) is 0 Å². The molecule has 2 unspecified atom stereocenters. The molecule has 3 aliphatic rings. The van der Waals surface area contributed by atoms with Gasteiger partial charge in [0.25, 0.3) is 5.91 Å². The molecule has 1 saturated heterocycles. The van der Waals surface area contributed by atoms with Crippen molar-refractivity contribution in [3.05, 3.63) is 65.2 Å². The van der Waals surface area contributed by atoms with E-state index in [2.05, 4.69) is 5.32 Å². The van der Waals surface area contributed by atoms with Gasteiger partial charge in [-0.2, -0.15) is 0 Å². The van der Waals surface area contributed by atoms with Crippen LogP contribution in [0.15, 0.2) is 48.5 Å². The molecule has 1 amide bonds. The average molecular weight is 405 g/mol. The fraction of sp³-hybridized carbons (Fsp3) is 0.458. The normalized spacial score (nSPS) is 27.1. The molecule has 0 radical (unpaired) electrons. The molecule has 2 aromatic carbocycles. The molecule has 2 heterocycles. The summed E-state index contributed by atoms with van der Waals surface area (Å²) >= 11 is 0. The minimum atomic E-state index is -0.624. The number of hydrogen-bond donors (Lipinski definition) is 1. The molecule has 1 aliphatic carbocycles. The molecular formula is C24H28BNO4. The van der Waals surface area contributed by atoms with Gasteiger partial charge in [0.05, 0.1) is 16.8 Å². The molecule has 30 heavy (non-hydrogen) atoms. The molecule has 2 fully saturated rings. The Morgan fingerprint density at radius 1 is 0.933 bits per heavy atom. The number of amides is 1. The van der Waals surface area contributed by atoms with Gasteiger partial charge in [0, 0.05) is 0 Å². The van der Waals surface area contributed by atoms with E-state index in [0.29, 0.717) is 17.2 Å². The average Bonchev–Trinajstić information content (AvgIpc) is 3.52. The number of ether oxygens (including phenoxy) is 1. The van der Waals surface area contributed by atoms with Gasteiger partial charge in [0.15, 0.2) is 0 Å². The summed E-state index contributed by atoms with van der Waals surface area (Å²) in [6, 6.07) is 15.9. The fourth-order valence-corrected chi connectivity index (χ4v) is 4.17. The van der Waals surface area contributed by atoms with E-state index in [0.717, 1.165) is 5.56 Å². The first-order valence-corrected chi connectivity index (χ1v) is 10.8. The Labute approximate surface area is 178 Å². The van der Waals surface area contributed by atoms with Crippen LogP contribution in [0, 0.1) is 0 Å². The quantitative estimate of drug-likeness (QED) is 0.768. The van der Waals surface area contributed by atoms with E-state index in [1.807, 2.05) is 76.2 Å². The number of rotatable bonds is 3. The SMILES string of the molecule is CC1(C)OB(C2NC(=O)c3ccc(C4CC4)cc3OC2c2ccccc2)OC1(C)C. The third kappa shape index (κ3) is 3.32. The second-order valence-electron chi connectivity index (χ2n) is 9.60. The summed E-state index contributed by atoms with van der Waals surface area (Å²) in [6.07, 6.45) is 1.97. The first kappa shape index (κ1) is 19.6. The summed E-state index contributed by atoms with van der Waals surface area (Å²) in [4.78, 5) is 13.2. The van der Waals surface area contributed by atoms with Crippen molar-refractivity contribution < 1.29 is 18.8 Å². The standard InChI is InChI=1S/C24H28BNO4/c1-23(2)24(3,4)30-25(29-23)21-20(16-8-6-5-7-9-16)28-19-14-17(15-10-11-15)12-13-18(19)22(27)26-21/h5-9,12-15,20-21H,10-11H2,1-4H3,(H,26,27).